The van der Waals surface area contributed by atoms with Crippen molar-refractivity contribution < 1.29 is 57.5 Å². The van der Waals surface area contributed by atoms with Gasteiger partial charge in [-0.05, 0) is 202 Å². The van der Waals surface area contributed by atoms with Crippen LogP contribution in [0.25, 0.3) is 21.5 Å². The molecule has 0 aliphatic carbocycles. The number of imide groups is 4. The second kappa shape index (κ2) is 23.1. The number of para-hydroxylation sites is 2. The van der Waals surface area contributed by atoms with Crippen LogP contribution >= 0.6 is 0 Å². The van der Waals surface area contributed by atoms with E-state index < -0.39 is 70.9 Å². The van der Waals surface area contributed by atoms with E-state index in [2.05, 4.69) is 21.3 Å². The number of rotatable bonds is 12. The summed E-state index contributed by atoms with van der Waals surface area (Å²) in [6.07, 6.45) is 0. The molecule has 0 fully saturated rings. The van der Waals surface area contributed by atoms with Gasteiger partial charge in [0.05, 0.1) is 22.7 Å². The Hall–Kier alpha value is -13.6. The fourth-order valence-electron chi connectivity index (χ4n) is 13.4. The average Bonchev–Trinajstić information content (AvgIpc) is 0.712. The monoisotopic (exact) mass is 1290 g/mol. The molecule has 0 spiro atoms. The minimum atomic E-state index is -0.678. The van der Waals surface area contributed by atoms with Crippen molar-refractivity contribution in [1.82, 2.24) is 0 Å². The van der Waals surface area contributed by atoms with Crippen molar-refractivity contribution in [2.24, 2.45) is 0 Å². The first-order valence-corrected chi connectivity index (χ1v) is 30.9. The number of benzene rings is 11. The number of hydrogen-bond donors (Lipinski definition) is 4. The van der Waals surface area contributed by atoms with Gasteiger partial charge in [0.15, 0.2) is 0 Å². The highest BCUT2D eigenvalue weighted by Gasteiger charge is 2.44. The van der Waals surface area contributed by atoms with E-state index >= 15 is 0 Å². The van der Waals surface area contributed by atoms with Gasteiger partial charge in [-0.1, -0.05) is 54.6 Å². The van der Waals surface area contributed by atoms with E-state index in [-0.39, 0.29) is 99.7 Å². The van der Waals surface area contributed by atoms with Crippen LogP contribution in [0.5, 0.6) is 0 Å². The zero-order chi connectivity index (χ0) is 68.3. The van der Waals surface area contributed by atoms with Crippen LogP contribution in [-0.4, -0.2) is 70.9 Å². The van der Waals surface area contributed by atoms with E-state index in [1.54, 1.807) is 36.4 Å². The largest absolute Gasteiger partial charge is 0.322 e. The predicted octanol–water partition coefficient (Wildman–Crippen LogP) is 13.4. The van der Waals surface area contributed by atoms with Crippen molar-refractivity contribution >= 4 is 138 Å². The van der Waals surface area contributed by atoms with E-state index in [0.717, 1.165) is 41.9 Å². The molecule has 0 saturated heterocycles. The SMILES string of the molecule is Cc1cccc(C)c1N1C(=O)c2ccc3c4c(ccc(c24)C1=O)C(=O)N(c1ccc(C(=O)Nc2cccc(NC(=O)c4cccc(C(=O)Nc5cccc(NC(=O)c6ccc(N7C(=O)c8ccc9c%10c(ccc(c8%10)C7=O)C(=O)N(c7c(C)cccc7C)C9=O)cc6)c5)c4)c2)cc1)C3=O. The van der Waals surface area contributed by atoms with E-state index in [4.69, 9.17) is 0 Å². The van der Waals surface area contributed by atoms with Crippen LogP contribution in [0.15, 0.2) is 206 Å². The molecule has 11 aromatic rings. The molecule has 15 rings (SSSR count). The number of aryl methyl sites for hydroxylation is 4. The number of carbonyl (C=O) groups excluding carboxylic acids is 12. The Morgan fingerprint density at radius 1 is 0.245 bits per heavy atom. The van der Waals surface area contributed by atoms with Gasteiger partial charge in [0, 0.05) is 111 Å². The fraction of sp³-hybridized carbons (Fsp3) is 0.0513. The zero-order valence-corrected chi connectivity index (χ0v) is 52.3. The molecule has 4 aliphatic heterocycles. The maximum atomic E-state index is 14.2. The molecule has 11 aromatic carbocycles. The highest BCUT2D eigenvalue weighted by atomic mass is 16.2. The molecule has 0 bridgehead atoms. The molecule has 0 unspecified atom stereocenters. The number of hydrogen-bond acceptors (Lipinski definition) is 12. The number of nitrogens with one attached hydrogen (secondary N) is 4. The molecule has 20 heteroatoms. The summed E-state index contributed by atoms with van der Waals surface area (Å²) >= 11 is 0. The van der Waals surface area contributed by atoms with E-state index in [1.807, 2.05) is 64.1 Å². The molecular formula is C78H50N8O12. The van der Waals surface area contributed by atoms with Gasteiger partial charge in [0.2, 0.25) is 0 Å². The minimum Gasteiger partial charge on any atom is -0.322 e. The van der Waals surface area contributed by atoms with Crippen molar-refractivity contribution in [2.45, 2.75) is 27.7 Å². The molecule has 20 nitrogen and oxygen atoms in total. The molecule has 0 saturated carbocycles. The summed E-state index contributed by atoms with van der Waals surface area (Å²) in [5.74, 6) is -7.22. The summed E-state index contributed by atoms with van der Waals surface area (Å²) in [7, 11) is 0. The van der Waals surface area contributed by atoms with E-state index in [1.165, 1.54) is 133 Å². The molecule has 0 radical (unpaired) electrons. The minimum absolute atomic E-state index is 0.125. The summed E-state index contributed by atoms with van der Waals surface area (Å²) < 4.78 is 0. The summed E-state index contributed by atoms with van der Waals surface area (Å²) in [5, 5.41) is 12.1. The number of nitrogens with zero attached hydrogens (tertiary/aromatic N) is 4. The first kappa shape index (κ1) is 60.6. The van der Waals surface area contributed by atoms with Gasteiger partial charge < -0.3 is 21.3 Å². The van der Waals surface area contributed by atoms with Crippen LogP contribution in [0.1, 0.15) is 147 Å². The Morgan fingerprint density at radius 2 is 0.469 bits per heavy atom. The standard InChI is InChI=1S/C78H50N8O12/c1-39-10-5-11-40(2)65(39)85-75(95)57-32-28-53-61-54(29-33-58(63(57)61)76(85)96)72(92)83(71(53)91)51-24-20-43(21-25-51)67(87)79-47-16-8-18-49(37-47)81-69(89)45-14-7-15-46(36-45)70(90)82-50-19-9-17-48(38-50)80-68(88)44-22-26-52(27-23-44)84-73(93)55-30-34-59-64-60(35-31-56(62(55)64)74(84)94)78(98)86(77(59)97)66-41(3)12-6-13-42(66)4/h5-38H,1-4H3,(H,79,87)(H,80,88)(H,81,89)(H,82,90). The molecule has 12 amide bonds. The highest BCUT2D eigenvalue weighted by molar-refractivity contribution is 6.44. The summed E-state index contributed by atoms with van der Waals surface area (Å²) in [4.78, 5) is 172. The summed E-state index contributed by atoms with van der Waals surface area (Å²) in [6.45, 7) is 7.25. The van der Waals surface area contributed by atoms with Crippen molar-refractivity contribution in [1.29, 1.82) is 0 Å². The average molecular weight is 1290 g/mol. The Labute approximate surface area is 556 Å². The third-order valence-corrected chi connectivity index (χ3v) is 18.0. The Balaban J connectivity index is 0.565. The second-order valence-electron chi connectivity index (χ2n) is 24.1. The van der Waals surface area contributed by atoms with Crippen LogP contribution < -0.4 is 40.9 Å². The lowest BCUT2D eigenvalue weighted by atomic mass is 9.85. The third kappa shape index (κ3) is 9.76. The van der Waals surface area contributed by atoms with Gasteiger partial charge >= 0.3 is 0 Å². The Morgan fingerprint density at radius 3 is 0.735 bits per heavy atom. The lowest BCUT2D eigenvalue weighted by Gasteiger charge is -2.32. The molecule has 4 N–H and O–H groups in total. The van der Waals surface area contributed by atoms with Gasteiger partial charge in [-0.15, -0.1) is 0 Å². The fourth-order valence-corrected chi connectivity index (χ4v) is 13.4. The normalized spacial score (nSPS) is 13.8. The zero-order valence-electron chi connectivity index (χ0n) is 52.3. The molecule has 0 atom stereocenters. The molecule has 4 heterocycles. The lowest BCUT2D eigenvalue weighted by molar-refractivity contribution is 0.0873. The number of amides is 12. The van der Waals surface area contributed by atoms with Crippen LogP contribution in [0, 0.1) is 27.7 Å². The van der Waals surface area contributed by atoms with Crippen molar-refractivity contribution in [3.8, 4) is 0 Å². The van der Waals surface area contributed by atoms with Crippen LogP contribution in [0.2, 0.25) is 0 Å². The molecule has 474 valence electrons. The van der Waals surface area contributed by atoms with E-state index in [0.29, 0.717) is 34.1 Å². The van der Waals surface area contributed by atoms with Crippen LogP contribution in [0.3, 0.4) is 0 Å². The van der Waals surface area contributed by atoms with Crippen molar-refractivity contribution in [3.63, 3.8) is 0 Å². The van der Waals surface area contributed by atoms with Crippen molar-refractivity contribution in [3.05, 3.63) is 295 Å². The first-order valence-electron chi connectivity index (χ1n) is 30.9. The second-order valence-corrected chi connectivity index (χ2v) is 24.1. The van der Waals surface area contributed by atoms with Crippen LogP contribution in [-0.2, 0) is 0 Å². The maximum absolute atomic E-state index is 14.2. The van der Waals surface area contributed by atoms with Gasteiger partial charge in [-0.3, -0.25) is 57.5 Å². The Kier molecular flexibility index (Phi) is 14.3. The Bertz CT molecular complexity index is 5040. The number of carbonyl (C=O) groups is 12. The van der Waals surface area contributed by atoms with Gasteiger partial charge in [0.1, 0.15) is 0 Å². The molecule has 0 aromatic heterocycles. The van der Waals surface area contributed by atoms with E-state index in [9.17, 15) is 57.5 Å². The smallest absolute Gasteiger partial charge is 0.266 e. The molecule has 98 heavy (non-hydrogen) atoms. The molecular weight excluding hydrogens is 1240 g/mol. The third-order valence-electron chi connectivity index (χ3n) is 18.0. The van der Waals surface area contributed by atoms with Crippen molar-refractivity contribution in [2.75, 3.05) is 40.9 Å². The maximum Gasteiger partial charge on any atom is 0.266 e. The summed E-state index contributed by atoms with van der Waals surface area (Å²) in [6, 6.07) is 53.2. The highest BCUT2D eigenvalue weighted by Crippen LogP contribution is 2.44. The first-order chi connectivity index (χ1) is 47.2. The lowest BCUT2D eigenvalue weighted by Crippen LogP contribution is -2.44. The molecule has 4 aliphatic rings. The van der Waals surface area contributed by atoms with Crippen LogP contribution in [0.4, 0.5) is 45.5 Å². The van der Waals surface area contributed by atoms with Gasteiger partial charge in [-0.25, -0.2) is 19.6 Å². The quantitative estimate of drug-likeness (QED) is 0.0832. The van der Waals surface area contributed by atoms with Gasteiger partial charge in [0.25, 0.3) is 70.9 Å². The van der Waals surface area contributed by atoms with Gasteiger partial charge in [-0.2, -0.15) is 0 Å². The predicted molar refractivity (Wildman–Crippen MR) is 368 cm³/mol. The topological polar surface area (TPSA) is 266 Å². The number of anilines is 8. The summed E-state index contributed by atoms with van der Waals surface area (Å²) in [5.41, 5.74) is 7.32.